The van der Waals surface area contributed by atoms with Gasteiger partial charge in [0.1, 0.15) is 6.29 Å². The van der Waals surface area contributed by atoms with Crippen LogP contribution in [0.15, 0.2) is 0 Å². The maximum absolute atomic E-state index is 10.3. The lowest BCUT2D eigenvalue weighted by atomic mass is 10.2. The Morgan fingerprint density at radius 2 is 2.38 bits per heavy atom. The Morgan fingerprint density at radius 3 is 2.38 bits per heavy atom. The van der Waals surface area contributed by atoms with E-state index >= 15 is 0 Å². The van der Waals surface area contributed by atoms with E-state index in [1.165, 1.54) is 0 Å². The first kappa shape index (κ1) is 5.76. The van der Waals surface area contributed by atoms with Crippen molar-refractivity contribution in [3.63, 3.8) is 0 Å². The van der Waals surface area contributed by atoms with E-state index in [1.54, 1.807) is 0 Å². The largest absolute Gasteiger partial charge is 0.308 e. The van der Waals surface area contributed by atoms with Crippen LogP contribution in [0, 0.1) is 5.92 Å². The van der Waals surface area contributed by atoms with Crippen molar-refractivity contribution in [1.29, 1.82) is 0 Å². The second-order valence-electron chi connectivity index (χ2n) is 2.51. The van der Waals surface area contributed by atoms with E-state index in [1.807, 2.05) is 7.05 Å². The lowest BCUT2D eigenvalue weighted by molar-refractivity contribution is -0.110. The lowest BCUT2D eigenvalue weighted by Crippen LogP contribution is -2.30. The Morgan fingerprint density at radius 1 is 1.88 bits per heavy atom. The molecule has 0 saturated heterocycles. The van der Waals surface area contributed by atoms with Crippen LogP contribution in [0.2, 0.25) is 0 Å². The molecule has 1 fully saturated rings. The third-order valence-corrected chi connectivity index (χ3v) is 2.04. The van der Waals surface area contributed by atoms with E-state index in [9.17, 15) is 4.79 Å². The smallest absolute Gasteiger partial charge is 0.140 e. The molecule has 1 aliphatic rings. The average Bonchev–Trinajstić information content (AvgIpc) is 2.43. The van der Waals surface area contributed by atoms with Crippen molar-refractivity contribution in [3.8, 4) is 0 Å². The van der Waals surface area contributed by atoms with E-state index in [0.717, 1.165) is 12.7 Å². The van der Waals surface area contributed by atoms with Crippen molar-refractivity contribution in [1.82, 2.24) is 5.32 Å². The van der Waals surface area contributed by atoms with Gasteiger partial charge in [-0.1, -0.05) is 6.92 Å². The highest BCUT2D eigenvalue weighted by molar-refractivity contribution is 5.69. The molecule has 2 heteroatoms. The Kier molecular flexibility index (Phi) is 1.12. The molecule has 8 heavy (non-hydrogen) atoms. The molecule has 0 spiro atoms. The highest BCUT2D eigenvalue weighted by Gasteiger charge is 2.49. The number of aldehydes is 1. The number of hydrogen-bond donors (Lipinski definition) is 1. The molecule has 0 aromatic heterocycles. The SMILES string of the molecule is CN[C@]1(C=O)CC1C. The van der Waals surface area contributed by atoms with Crippen molar-refractivity contribution in [2.45, 2.75) is 18.9 Å². The summed E-state index contributed by atoms with van der Waals surface area (Å²) in [5, 5.41) is 2.98. The zero-order chi connectivity index (χ0) is 6.20. The van der Waals surface area contributed by atoms with Crippen molar-refractivity contribution < 1.29 is 4.79 Å². The van der Waals surface area contributed by atoms with E-state index in [4.69, 9.17) is 0 Å². The molecule has 1 N–H and O–H groups in total. The van der Waals surface area contributed by atoms with Crippen LogP contribution in [0.5, 0.6) is 0 Å². The van der Waals surface area contributed by atoms with Gasteiger partial charge in [-0.2, -0.15) is 0 Å². The van der Waals surface area contributed by atoms with Gasteiger partial charge in [-0.3, -0.25) is 0 Å². The first-order valence-corrected chi connectivity index (χ1v) is 2.90. The number of carbonyl (C=O) groups excluding carboxylic acids is 1. The molecule has 0 bridgehead atoms. The number of rotatable bonds is 2. The highest BCUT2D eigenvalue weighted by Crippen LogP contribution is 2.40. The molecule has 0 radical (unpaired) electrons. The fraction of sp³-hybridized carbons (Fsp3) is 0.833. The van der Waals surface area contributed by atoms with Crippen LogP contribution in [0.3, 0.4) is 0 Å². The van der Waals surface area contributed by atoms with E-state index in [-0.39, 0.29) is 5.54 Å². The minimum atomic E-state index is -0.139. The van der Waals surface area contributed by atoms with Crippen LogP contribution in [0.1, 0.15) is 13.3 Å². The monoisotopic (exact) mass is 113 g/mol. The number of likely N-dealkylation sites (N-methyl/N-ethyl adjacent to an activating group) is 1. The van der Waals surface area contributed by atoms with Crippen LogP contribution >= 0.6 is 0 Å². The summed E-state index contributed by atoms with van der Waals surface area (Å²) in [6, 6.07) is 0. The molecule has 0 aromatic rings. The Balaban J connectivity index is 2.51. The molecular weight excluding hydrogens is 102 g/mol. The van der Waals surface area contributed by atoms with Crippen LogP contribution in [0.4, 0.5) is 0 Å². The van der Waals surface area contributed by atoms with Gasteiger partial charge in [-0.05, 0) is 19.4 Å². The topological polar surface area (TPSA) is 29.1 Å². The summed E-state index contributed by atoms with van der Waals surface area (Å²) in [5.74, 6) is 0.546. The molecule has 1 rings (SSSR count). The third kappa shape index (κ3) is 0.564. The highest BCUT2D eigenvalue weighted by atomic mass is 16.1. The summed E-state index contributed by atoms with van der Waals surface area (Å²) in [6.45, 7) is 2.07. The lowest BCUT2D eigenvalue weighted by Gasteiger charge is -2.02. The molecule has 1 aliphatic carbocycles. The third-order valence-electron chi connectivity index (χ3n) is 2.04. The summed E-state index contributed by atoms with van der Waals surface area (Å²) in [4.78, 5) is 10.3. The second-order valence-corrected chi connectivity index (χ2v) is 2.51. The molecule has 2 nitrogen and oxygen atoms in total. The Hall–Kier alpha value is -0.370. The predicted molar refractivity (Wildman–Crippen MR) is 31.6 cm³/mol. The minimum absolute atomic E-state index is 0.139. The van der Waals surface area contributed by atoms with Gasteiger partial charge in [0.25, 0.3) is 0 Å². The van der Waals surface area contributed by atoms with Gasteiger partial charge >= 0.3 is 0 Å². The van der Waals surface area contributed by atoms with Gasteiger partial charge in [0.05, 0.1) is 5.54 Å². The summed E-state index contributed by atoms with van der Waals surface area (Å²) in [7, 11) is 1.83. The second kappa shape index (κ2) is 1.55. The zero-order valence-corrected chi connectivity index (χ0v) is 5.27. The van der Waals surface area contributed by atoms with E-state index < -0.39 is 0 Å². The first-order valence-electron chi connectivity index (χ1n) is 2.90. The zero-order valence-electron chi connectivity index (χ0n) is 5.27. The molecule has 0 heterocycles. The van der Waals surface area contributed by atoms with Gasteiger partial charge in [0, 0.05) is 0 Å². The van der Waals surface area contributed by atoms with E-state index in [0.29, 0.717) is 5.92 Å². The molecule has 2 atom stereocenters. The minimum Gasteiger partial charge on any atom is -0.308 e. The average molecular weight is 113 g/mol. The van der Waals surface area contributed by atoms with Crippen LogP contribution in [0.25, 0.3) is 0 Å². The summed E-state index contributed by atoms with van der Waals surface area (Å²) < 4.78 is 0. The van der Waals surface area contributed by atoms with Crippen molar-refractivity contribution >= 4 is 6.29 Å². The van der Waals surface area contributed by atoms with Crippen molar-refractivity contribution in [3.05, 3.63) is 0 Å². The molecule has 1 unspecified atom stereocenters. The maximum atomic E-state index is 10.3. The number of nitrogens with one attached hydrogen (secondary N) is 1. The number of carbonyl (C=O) groups is 1. The van der Waals surface area contributed by atoms with Gasteiger partial charge in [-0.15, -0.1) is 0 Å². The van der Waals surface area contributed by atoms with E-state index in [2.05, 4.69) is 12.2 Å². The van der Waals surface area contributed by atoms with Crippen molar-refractivity contribution in [2.75, 3.05) is 7.05 Å². The van der Waals surface area contributed by atoms with Gasteiger partial charge in [0.2, 0.25) is 0 Å². The predicted octanol–water partition coefficient (Wildman–Crippen LogP) is 0.183. The van der Waals surface area contributed by atoms with Crippen LogP contribution < -0.4 is 5.32 Å². The Bertz CT molecular complexity index is 109. The summed E-state index contributed by atoms with van der Waals surface area (Å²) >= 11 is 0. The molecular formula is C6H11NO. The van der Waals surface area contributed by atoms with Gasteiger partial charge < -0.3 is 10.1 Å². The Labute approximate surface area is 49.3 Å². The maximum Gasteiger partial charge on any atom is 0.140 e. The first-order chi connectivity index (χ1) is 3.75. The van der Waals surface area contributed by atoms with Gasteiger partial charge in [-0.25, -0.2) is 0 Å². The fourth-order valence-electron chi connectivity index (χ4n) is 1.02. The molecule has 46 valence electrons. The molecule has 0 aliphatic heterocycles. The van der Waals surface area contributed by atoms with Crippen molar-refractivity contribution in [2.24, 2.45) is 5.92 Å². The normalized spacial score (nSPS) is 44.0. The van der Waals surface area contributed by atoms with Gasteiger partial charge in [0.15, 0.2) is 0 Å². The van der Waals surface area contributed by atoms with Crippen LogP contribution in [-0.2, 0) is 4.79 Å². The molecule has 0 aromatic carbocycles. The molecule has 1 saturated carbocycles. The quantitative estimate of drug-likeness (QED) is 0.518. The fourth-order valence-corrected chi connectivity index (χ4v) is 1.02. The summed E-state index contributed by atoms with van der Waals surface area (Å²) in [6.07, 6.45) is 2.02. The summed E-state index contributed by atoms with van der Waals surface area (Å²) in [5.41, 5.74) is -0.139. The standard InChI is InChI=1S/C6H11NO/c1-5-3-6(5,4-8)7-2/h4-5,7H,3H2,1-2H3/t5?,6-/m0/s1. The molecule has 0 amide bonds. The van der Waals surface area contributed by atoms with Crippen LogP contribution in [-0.4, -0.2) is 18.9 Å². The number of hydrogen-bond acceptors (Lipinski definition) is 2.